The van der Waals surface area contributed by atoms with Gasteiger partial charge in [0.15, 0.2) is 0 Å². The van der Waals surface area contributed by atoms with Crippen LogP contribution in [-0.4, -0.2) is 55.4 Å². The second-order valence-corrected chi connectivity index (χ2v) is 6.69. The SMILES string of the molecule is CS(=O)(=O)CCC(N)C(=O)N[C@@H](CCC(N)=O)C(=O)O. The van der Waals surface area contributed by atoms with E-state index in [9.17, 15) is 22.8 Å². The highest BCUT2D eigenvalue weighted by atomic mass is 32.2. The summed E-state index contributed by atoms with van der Waals surface area (Å²) in [6, 6.07) is -2.43. The molecule has 0 spiro atoms. The van der Waals surface area contributed by atoms with Gasteiger partial charge in [0, 0.05) is 12.7 Å². The zero-order chi connectivity index (χ0) is 15.9. The van der Waals surface area contributed by atoms with Crippen molar-refractivity contribution in [3.63, 3.8) is 0 Å². The molecule has 2 atom stereocenters. The summed E-state index contributed by atoms with van der Waals surface area (Å²) < 4.78 is 21.9. The lowest BCUT2D eigenvalue weighted by Crippen LogP contribution is -2.49. The Bertz CT molecular complexity index is 475. The van der Waals surface area contributed by atoms with Crippen LogP contribution in [0.3, 0.4) is 0 Å². The fourth-order valence-electron chi connectivity index (χ4n) is 1.29. The van der Waals surface area contributed by atoms with Crippen molar-refractivity contribution in [2.24, 2.45) is 11.5 Å². The van der Waals surface area contributed by atoms with Gasteiger partial charge in [-0.2, -0.15) is 0 Å². The molecule has 0 rings (SSSR count). The number of carbonyl (C=O) groups is 3. The molecule has 0 aromatic rings. The minimum Gasteiger partial charge on any atom is -0.480 e. The van der Waals surface area contributed by atoms with Crippen LogP contribution in [0.4, 0.5) is 0 Å². The van der Waals surface area contributed by atoms with Gasteiger partial charge >= 0.3 is 5.97 Å². The lowest BCUT2D eigenvalue weighted by Gasteiger charge is -2.17. The van der Waals surface area contributed by atoms with E-state index in [1.165, 1.54) is 0 Å². The molecule has 0 aromatic heterocycles. The number of aliphatic carboxylic acids is 1. The molecule has 20 heavy (non-hydrogen) atoms. The van der Waals surface area contributed by atoms with Crippen LogP contribution in [0.15, 0.2) is 0 Å². The first kappa shape index (κ1) is 18.3. The van der Waals surface area contributed by atoms with Crippen LogP contribution in [-0.2, 0) is 24.2 Å². The zero-order valence-corrected chi connectivity index (χ0v) is 11.9. The molecule has 9 nitrogen and oxygen atoms in total. The quantitative estimate of drug-likeness (QED) is 0.367. The molecule has 116 valence electrons. The van der Waals surface area contributed by atoms with Gasteiger partial charge in [-0.25, -0.2) is 13.2 Å². The van der Waals surface area contributed by atoms with Crippen molar-refractivity contribution < 1.29 is 27.9 Å². The largest absolute Gasteiger partial charge is 0.480 e. The Morgan fingerprint density at radius 1 is 1.25 bits per heavy atom. The van der Waals surface area contributed by atoms with E-state index in [1.54, 1.807) is 0 Å². The van der Waals surface area contributed by atoms with Crippen molar-refractivity contribution in [3.05, 3.63) is 0 Å². The Morgan fingerprint density at radius 2 is 1.80 bits per heavy atom. The van der Waals surface area contributed by atoms with Crippen LogP contribution in [0.1, 0.15) is 19.3 Å². The molecule has 0 aliphatic heterocycles. The number of amides is 2. The molecule has 0 saturated heterocycles. The normalized spacial score (nSPS) is 14.3. The highest BCUT2D eigenvalue weighted by molar-refractivity contribution is 7.90. The molecule has 0 aliphatic carbocycles. The van der Waals surface area contributed by atoms with Gasteiger partial charge < -0.3 is 21.9 Å². The van der Waals surface area contributed by atoms with E-state index < -0.39 is 39.7 Å². The van der Waals surface area contributed by atoms with Gasteiger partial charge in [-0.05, 0) is 12.8 Å². The summed E-state index contributed by atoms with van der Waals surface area (Å²) in [6.45, 7) is 0. The van der Waals surface area contributed by atoms with E-state index in [1.807, 2.05) is 0 Å². The third kappa shape index (κ3) is 8.43. The van der Waals surface area contributed by atoms with E-state index in [0.717, 1.165) is 6.26 Å². The molecule has 0 bridgehead atoms. The van der Waals surface area contributed by atoms with Gasteiger partial charge in [0.2, 0.25) is 11.8 Å². The van der Waals surface area contributed by atoms with Crippen molar-refractivity contribution >= 4 is 27.6 Å². The first-order valence-corrected chi connectivity index (χ1v) is 7.83. The topological polar surface area (TPSA) is 170 Å². The molecular formula is C10H19N3O6S. The molecule has 2 amide bonds. The fourth-order valence-corrected chi connectivity index (χ4v) is 1.98. The van der Waals surface area contributed by atoms with E-state index in [2.05, 4.69) is 5.32 Å². The van der Waals surface area contributed by atoms with Crippen LogP contribution in [0, 0.1) is 0 Å². The van der Waals surface area contributed by atoms with E-state index in [0.29, 0.717) is 0 Å². The number of hydrogen-bond acceptors (Lipinski definition) is 6. The molecular weight excluding hydrogens is 290 g/mol. The summed E-state index contributed by atoms with van der Waals surface area (Å²) in [5.74, 6) is -3.08. The molecule has 6 N–H and O–H groups in total. The first-order valence-electron chi connectivity index (χ1n) is 5.77. The summed E-state index contributed by atoms with van der Waals surface area (Å²) in [4.78, 5) is 33.1. The van der Waals surface area contributed by atoms with Crippen LogP contribution in [0.5, 0.6) is 0 Å². The number of carboxylic acids is 1. The van der Waals surface area contributed by atoms with E-state index in [-0.39, 0.29) is 25.0 Å². The monoisotopic (exact) mass is 309 g/mol. The molecule has 0 fully saturated rings. The Morgan fingerprint density at radius 3 is 2.20 bits per heavy atom. The Balaban J connectivity index is 4.44. The summed E-state index contributed by atoms with van der Waals surface area (Å²) in [5.41, 5.74) is 10.4. The summed E-state index contributed by atoms with van der Waals surface area (Å²) in [5, 5.41) is 11.0. The number of rotatable bonds is 9. The van der Waals surface area contributed by atoms with Crippen molar-refractivity contribution in [2.45, 2.75) is 31.3 Å². The molecule has 0 saturated carbocycles. The molecule has 0 aromatic carbocycles. The van der Waals surface area contributed by atoms with E-state index >= 15 is 0 Å². The third-order valence-electron chi connectivity index (χ3n) is 2.43. The van der Waals surface area contributed by atoms with Crippen LogP contribution < -0.4 is 16.8 Å². The highest BCUT2D eigenvalue weighted by Crippen LogP contribution is 2.00. The molecule has 1 unspecified atom stereocenters. The van der Waals surface area contributed by atoms with Gasteiger partial charge in [0.25, 0.3) is 0 Å². The van der Waals surface area contributed by atoms with Crippen molar-refractivity contribution in [2.75, 3.05) is 12.0 Å². The number of sulfone groups is 1. The lowest BCUT2D eigenvalue weighted by molar-refractivity contribution is -0.142. The smallest absolute Gasteiger partial charge is 0.326 e. The summed E-state index contributed by atoms with van der Waals surface area (Å²) in [7, 11) is -3.26. The fraction of sp³-hybridized carbons (Fsp3) is 0.700. The molecule has 0 aliphatic rings. The third-order valence-corrected chi connectivity index (χ3v) is 3.41. The van der Waals surface area contributed by atoms with Crippen LogP contribution >= 0.6 is 0 Å². The number of carbonyl (C=O) groups excluding carboxylic acids is 2. The summed E-state index contributed by atoms with van der Waals surface area (Å²) in [6.07, 6.45) is 0.530. The van der Waals surface area contributed by atoms with Crippen molar-refractivity contribution in [3.8, 4) is 0 Å². The van der Waals surface area contributed by atoms with Crippen LogP contribution in [0.25, 0.3) is 0 Å². The maximum atomic E-state index is 11.6. The van der Waals surface area contributed by atoms with Gasteiger partial charge in [0.1, 0.15) is 15.9 Å². The maximum absolute atomic E-state index is 11.6. The standard InChI is InChI=1S/C10H19N3O6S/c1-20(18,19)5-4-6(11)9(15)13-7(10(16)17)2-3-8(12)14/h6-7H,2-5,11H2,1H3,(H2,12,14)(H,13,15)(H,16,17)/t6?,7-/m0/s1. The predicted octanol–water partition coefficient (Wildman–Crippen LogP) is -2.42. The number of hydrogen-bond donors (Lipinski definition) is 4. The Labute approximate surface area is 116 Å². The number of carboxylic acid groups (broad SMARTS) is 1. The minimum absolute atomic E-state index is 0.118. The van der Waals surface area contributed by atoms with E-state index in [4.69, 9.17) is 16.6 Å². The molecule has 10 heteroatoms. The predicted molar refractivity (Wildman–Crippen MR) is 70.3 cm³/mol. The van der Waals surface area contributed by atoms with Gasteiger partial charge in [-0.3, -0.25) is 9.59 Å². The van der Waals surface area contributed by atoms with Crippen molar-refractivity contribution in [1.29, 1.82) is 0 Å². The van der Waals surface area contributed by atoms with Gasteiger partial charge in [-0.15, -0.1) is 0 Å². The minimum atomic E-state index is -3.26. The first-order chi connectivity index (χ1) is 9.03. The van der Waals surface area contributed by atoms with Crippen molar-refractivity contribution in [1.82, 2.24) is 5.32 Å². The Kier molecular flexibility index (Phi) is 7.14. The second kappa shape index (κ2) is 7.80. The number of nitrogens with one attached hydrogen (secondary N) is 1. The molecule has 0 heterocycles. The van der Waals surface area contributed by atoms with Crippen LogP contribution in [0.2, 0.25) is 0 Å². The van der Waals surface area contributed by atoms with Gasteiger partial charge in [0.05, 0.1) is 11.8 Å². The highest BCUT2D eigenvalue weighted by Gasteiger charge is 2.24. The second-order valence-electron chi connectivity index (χ2n) is 4.43. The molecule has 0 radical (unpaired) electrons. The average Bonchev–Trinajstić information content (AvgIpc) is 2.29. The maximum Gasteiger partial charge on any atom is 0.326 e. The van der Waals surface area contributed by atoms with Gasteiger partial charge in [-0.1, -0.05) is 0 Å². The average molecular weight is 309 g/mol. The number of nitrogens with two attached hydrogens (primary N) is 2. The lowest BCUT2D eigenvalue weighted by atomic mass is 10.1. The summed E-state index contributed by atoms with van der Waals surface area (Å²) >= 11 is 0. The Hall–Kier alpha value is -1.68. The number of primary amides is 1. The zero-order valence-electron chi connectivity index (χ0n) is 11.0.